The predicted octanol–water partition coefficient (Wildman–Crippen LogP) is 5.91. The van der Waals surface area contributed by atoms with Gasteiger partial charge in [0.05, 0.1) is 16.4 Å². The summed E-state index contributed by atoms with van der Waals surface area (Å²) in [6.45, 7) is 8.68. The second-order valence-corrected chi connectivity index (χ2v) is 6.43. The highest BCUT2D eigenvalue weighted by Gasteiger charge is 2.31. The van der Waals surface area contributed by atoms with E-state index in [1.807, 2.05) is 19.1 Å². The van der Waals surface area contributed by atoms with E-state index in [9.17, 15) is 0 Å². The largest absolute Gasteiger partial charge is 0.321 e. The number of nitrogens with zero attached hydrogens (tertiary/aromatic N) is 2. The van der Waals surface area contributed by atoms with Crippen molar-refractivity contribution in [2.45, 2.75) is 57.9 Å². The number of halogens is 2. The molecule has 1 atom stereocenters. The van der Waals surface area contributed by atoms with Gasteiger partial charge in [-0.15, -0.1) is 11.6 Å². The number of benzene rings is 1. The molecule has 1 unspecified atom stereocenters. The molecule has 2 rings (SSSR count). The van der Waals surface area contributed by atoms with Crippen LogP contribution >= 0.6 is 23.2 Å². The van der Waals surface area contributed by atoms with Gasteiger partial charge >= 0.3 is 0 Å². The summed E-state index contributed by atoms with van der Waals surface area (Å²) in [6, 6.07) is 5.90. The average Bonchev–Trinajstić information content (AvgIpc) is 2.81. The van der Waals surface area contributed by atoms with E-state index in [1.165, 1.54) is 0 Å². The summed E-state index contributed by atoms with van der Waals surface area (Å²) in [6.07, 6.45) is 3.18. The average molecular weight is 313 g/mol. The van der Waals surface area contributed by atoms with Crippen LogP contribution in [-0.4, -0.2) is 9.55 Å². The van der Waals surface area contributed by atoms with Gasteiger partial charge in [-0.3, -0.25) is 0 Å². The van der Waals surface area contributed by atoms with E-state index in [-0.39, 0.29) is 10.9 Å². The zero-order valence-corrected chi connectivity index (χ0v) is 14.1. The number of hydrogen-bond acceptors (Lipinski definition) is 1. The normalized spacial score (nSPS) is 13.9. The van der Waals surface area contributed by atoms with Gasteiger partial charge in [0.25, 0.3) is 0 Å². The first-order valence-electron chi connectivity index (χ1n) is 7.31. The van der Waals surface area contributed by atoms with Crippen LogP contribution in [0.4, 0.5) is 0 Å². The fourth-order valence-corrected chi connectivity index (χ4v) is 3.37. The van der Waals surface area contributed by atoms with Crippen LogP contribution in [0.1, 0.15) is 58.2 Å². The lowest BCUT2D eigenvalue weighted by Gasteiger charge is -2.35. The van der Waals surface area contributed by atoms with Crippen molar-refractivity contribution in [3.63, 3.8) is 0 Å². The summed E-state index contributed by atoms with van der Waals surface area (Å²) in [5, 5.41) is 0.594. The Bertz CT molecular complexity index is 590. The summed E-state index contributed by atoms with van der Waals surface area (Å²) in [5.41, 5.74) is 2.13. The number of alkyl halides is 1. The quantitative estimate of drug-likeness (QED) is 0.627. The topological polar surface area (TPSA) is 17.8 Å². The first-order valence-corrected chi connectivity index (χ1v) is 8.13. The molecule has 0 aliphatic carbocycles. The van der Waals surface area contributed by atoms with E-state index >= 15 is 0 Å². The van der Waals surface area contributed by atoms with Gasteiger partial charge in [-0.05, 0) is 44.4 Å². The molecule has 0 spiro atoms. The van der Waals surface area contributed by atoms with Crippen LogP contribution < -0.4 is 0 Å². The van der Waals surface area contributed by atoms with Gasteiger partial charge in [0.15, 0.2) is 0 Å². The molecule has 0 aliphatic rings. The second-order valence-electron chi connectivity index (χ2n) is 5.34. The molecule has 2 nitrogen and oxygen atoms in total. The van der Waals surface area contributed by atoms with Crippen molar-refractivity contribution < 1.29 is 0 Å². The first kappa shape index (κ1) is 15.7. The fraction of sp³-hybridized carbons (Fsp3) is 0.562. The molecule has 4 heteroatoms. The molecule has 0 saturated heterocycles. The molecule has 0 fully saturated rings. The van der Waals surface area contributed by atoms with Gasteiger partial charge in [-0.2, -0.15) is 0 Å². The smallest absolute Gasteiger partial charge is 0.128 e. The molecule has 0 bridgehead atoms. The minimum Gasteiger partial charge on any atom is -0.321 e. The molecule has 1 heterocycles. The van der Waals surface area contributed by atoms with Crippen LogP contribution in [0.2, 0.25) is 5.02 Å². The maximum absolute atomic E-state index is 6.38. The van der Waals surface area contributed by atoms with Crippen molar-refractivity contribution in [2.24, 2.45) is 0 Å². The van der Waals surface area contributed by atoms with Gasteiger partial charge in [-0.1, -0.05) is 32.4 Å². The van der Waals surface area contributed by atoms with Crippen molar-refractivity contribution in [2.75, 3.05) is 0 Å². The van der Waals surface area contributed by atoms with Crippen LogP contribution in [0.5, 0.6) is 0 Å². The van der Waals surface area contributed by atoms with Crippen LogP contribution in [0.3, 0.4) is 0 Å². The molecule has 0 amide bonds. The number of rotatable bonds is 5. The highest BCUT2D eigenvalue weighted by atomic mass is 35.5. The van der Waals surface area contributed by atoms with Crippen molar-refractivity contribution in [3.8, 4) is 0 Å². The van der Waals surface area contributed by atoms with E-state index in [2.05, 4.69) is 31.4 Å². The number of fused-ring (bicyclic) bond motifs is 1. The van der Waals surface area contributed by atoms with Crippen molar-refractivity contribution in [3.05, 3.63) is 29.0 Å². The third-order valence-corrected chi connectivity index (χ3v) is 4.88. The third kappa shape index (κ3) is 2.44. The van der Waals surface area contributed by atoms with Crippen molar-refractivity contribution in [1.29, 1.82) is 0 Å². The molecule has 0 saturated carbocycles. The first-order chi connectivity index (χ1) is 9.49. The Morgan fingerprint density at radius 3 is 2.30 bits per heavy atom. The highest BCUT2D eigenvalue weighted by Crippen LogP contribution is 2.37. The lowest BCUT2D eigenvalue weighted by Crippen LogP contribution is -2.33. The van der Waals surface area contributed by atoms with Crippen LogP contribution in [-0.2, 0) is 5.54 Å². The standard InChI is InChI=1S/C16H22Cl2N2/c1-5-16(6-2,7-3)20-14-9-8-12(18)10-13(14)19-15(20)11(4)17/h8-11H,5-7H2,1-4H3. The summed E-state index contributed by atoms with van der Waals surface area (Å²) in [5.74, 6) is 0.939. The maximum Gasteiger partial charge on any atom is 0.128 e. The number of imidazole rings is 1. The summed E-state index contributed by atoms with van der Waals surface area (Å²) < 4.78 is 2.34. The monoisotopic (exact) mass is 312 g/mol. The van der Waals surface area contributed by atoms with Crippen LogP contribution in [0.25, 0.3) is 11.0 Å². The van der Waals surface area contributed by atoms with Crippen LogP contribution in [0.15, 0.2) is 18.2 Å². The van der Waals surface area contributed by atoms with Crippen molar-refractivity contribution >= 4 is 34.2 Å². The fourth-order valence-electron chi connectivity index (χ4n) is 3.06. The predicted molar refractivity (Wildman–Crippen MR) is 87.9 cm³/mol. The summed E-state index contributed by atoms with van der Waals surface area (Å²) >= 11 is 12.5. The van der Waals surface area contributed by atoms with Gasteiger partial charge in [0.1, 0.15) is 5.82 Å². The van der Waals surface area contributed by atoms with E-state index in [4.69, 9.17) is 28.2 Å². The Morgan fingerprint density at radius 2 is 1.80 bits per heavy atom. The lowest BCUT2D eigenvalue weighted by atomic mass is 9.89. The molecule has 1 aromatic heterocycles. The van der Waals surface area contributed by atoms with E-state index in [0.29, 0.717) is 5.02 Å². The highest BCUT2D eigenvalue weighted by molar-refractivity contribution is 6.31. The Kier molecular flexibility index (Phi) is 4.66. The Balaban J connectivity index is 2.80. The molecular formula is C16H22Cl2N2. The van der Waals surface area contributed by atoms with E-state index < -0.39 is 0 Å². The minimum atomic E-state index is -0.120. The zero-order valence-electron chi connectivity index (χ0n) is 12.6. The molecule has 0 N–H and O–H groups in total. The van der Waals surface area contributed by atoms with E-state index in [0.717, 1.165) is 36.1 Å². The molecular weight excluding hydrogens is 291 g/mol. The summed E-state index contributed by atoms with van der Waals surface area (Å²) in [7, 11) is 0. The molecule has 0 aliphatic heterocycles. The number of aromatic nitrogens is 2. The minimum absolute atomic E-state index is 0.0705. The molecule has 110 valence electrons. The summed E-state index contributed by atoms with van der Waals surface area (Å²) in [4.78, 5) is 4.73. The maximum atomic E-state index is 6.38. The lowest BCUT2D eigenvalue weighted by molar-refractivity contribution is 0.251. The van der Waals surface area contributed by atoms with Gasteiger partial charge in [0.2, 0.25) is 0 Å². The number of hydrogen-bond donors (Lipinski definition) is 0. The van der Waals surface area contributed by atoms with Crippen molar-refractivity contribution in [1.82, 2.24) is 9.55 Å². The Morgan fingerprint density at radius 1 is 1.20 bits per heavy atom. The van der Waals surface area contributed by atoms with Gasteiger partial charge < -0.3 is 4.57 Å². The molecule has 2 aromatic rings. The Labute approximate surface area is 131 Å². The molecule has 20 heavy (non-hydrogen) atoms. The SMILES string of the molecule is CCC(CC)(CC)n1c(C(C)Cl)nc2cc(Cl)ccc21. The zero-order chi connectivity index (χ0) is 14.9. The van der Waals surface area contributed by atoms with E-state index in [1.54, 1.807) is 0 Å². The van der Waals surface area contributed by atoms with Gasteiger partial charge in [-0.25, -0.2) is 4.98 Å². The van der Waals surface area contributed by atoms with Gasteiger partial charge in [0, 0.05) is 10.6 Å². The molecule has 0 radical (unpaired) electrons. The van der Waals surface area contributed by atoms with Crippen LogP contribution in [0, 0.1) is 0 Å². The third-order valence-electron chi connectivity index (χ3n) is 4.45. The Hall–Kier alpha value is -0.730. The molecule has 1 aromatic carbocycles. The second kappa shape index (κ2) is 5.95.